The molecule has 0 aromatic heterocycles. The van der Waals surface area contributed by atoms with Crippen molar-refractivity contribution in [2.75, 3.05) is 18.8 Å². The maximum absolute atomic E-state index is 12.7. The summed E-state index contributed by atoms with van der Waals surface area (Å²) in [7, 11) is 0. The third kappa shape index (κ3) is 3.98. The van der Waals surface area contributed by atoms with Crippen LogP contribution in [0.5, 0.6) is 0 Å². The van der Waals surface area contributed by atoms with Gasteiger partial charge in [-0.2, -0.15) is 0 Å². The molecule has 1 aliphatic carbocycles. The van der Waals surface area contributed by atoms with Gasteiger partial charge in [0.2, 0.25) is 11.8 Å². The van der Waals surface area contributed by atoms with Crippen molar-refractivity contribution in [3.63, 3.8) is 0 Å². The van der Waals surface area contributed by atoms with Crippen LogP contribution in [0, 0.1) is 5.92 Å². The molecular formula is C19H25ClN2O2S. The van der Waals surface area contributed by atoms with Gasteiger partial charge in [0.05, 0.1) is 5.75 Å². The Morgan fingerprint density at radius 1 is 1.36 bits per heavy atom. The summed E-state index contributed by atoms with van der Waals surface area (Å²) >= 11 is 7.94. The van der Waals surface area contributed by atoms with E-state index in [0.29, 0.717) is 23.9 Å². The third-order valence-electron chi connectivity index (χ3n) is 5.08. The molecule has 1 saturated heterocycles. The number of amides is 2. The number of benzene rings is 1. The van der Waals surface area contributed by atoms with Gasteiger partial charge in [-0.05, 0) is 32.8 Å². The van der Waals surface area contributed by atoms with E-state index >= 15 is 0 Å². The van der Waals surface area contributed by atoms with Gasteiger partial charge in [-0.1, -0.05) is 36.2 Å². The monoisotopic (exact) mass is 380 g/mol. The maximum atomic E-state index is 12.7. The second-order valence-electron chi connectivity index (χ2n) is 7.03. The first kappa shape index (κ1) is 18.6. The average molecular weight is 381 g/mol. The summed E-state index contributed by atoms with van der Waals surface area (Å²) in [5, 5.41) is 0.625. The molecule has 4 nitrogen and oxygen atoms in total. The standard InChI is InChI=1S/C19H25ClN2O2S/c1-13(2)21(18(24)14-6-5-7-14)10-11-22-17(23)12-25-19(22)15-8-3-4-9-16(15)20/h3-4,8-9,13-14,19H,5-7,10-12H2,1-2H3. The molecule has 6 heteroatoms. The Morgan fingerprint density at radius 2 is 2.08 bits per heavy atom. The number of hydrogen-bond donors (Lipinski definition) is 0. The zero-order chi connectivity index (χ0) is 18.0. The van der Waals surface area contributed by atoms with Gasteiger partial charge in [-0.15, -0.1) is 11.8 Å². The summed E-state index contributed by atoms with van der Waals surface area (Å²) in [5.41, 5.74) is 0.974. The Kier molecular flexibility index (Phi) is 5.95. The third-order valence-corrected chi connectivity index (χ3v) is 6.66. The Bertz CT molecular complexity index is 648. The van der Waals surface area contributed by atoms with E-state index < -0.39 is 0 Å². The van der Waals surface area contributed by atoms with Crippen LogP contribution in [0.25, 0.3) is 0 Å². The second kappa shape index (κ2) is 8.00. The van der Waals surface area contributed by atoms with Crippen molar-refractivity contribution in [3.8, 4) is 0 Å². The van der Waals surface area contributed by atoms with E-state index in [2.05, 4.69) is 0 Å². The van der Waals surface area contributed by atoms with Gasteiger partial charge in [0.25, 0.3) is 0 Å². The van der Waals surface area contributed by atoms with Gasteiger partial charge in [0, 0.05) is 35.6 Å². The van der Waals surface area contributed by atoms with Gasteiger partial charge in [-0.25, -0.2) is 0 Å². The van der Waals surface area contributed by atoms with Crippen molar-refractivity contribution in [1.82, 2.24) is 9.80 Å². The molecule has 3 rings (SSSR count). The van der Waals surface area contributed by atoms with E-state index in [1.165, 1.54) is 0 Å². The lowest BCUT2D eigenvalue weighted by molar-refractivity contribution is -0.141. The molecule has 1 heterocycles. The lowest BCUT2D eigenvalue weighted by Gasteiger charge is -2.36. The molecule has 0 bridgehead atoms. The molecule has 1 saturated carbocycles. The van der Waals surface area contributed by atoms with Crippen molar-refractivity contribution in [2.24, 2.45) is 5.92 Å². The first-order valence-electron chi connectivity index (χ1n) is 8.95. The van der Waals surface area contributed by atoms with E-state index in [0.717, 1.165) is 24.8 Å². The Balaban J connectivity index is 1.69. The van der Waals surface area contributed by atoms with Crippen LogP contribution in [-0.4, -0.2) is 46.5 Å². The summed E-state index contributed by atoms with van der Waals surface area (Å²) in [5.74, 6) is 1.02. The SMILES string of the molecule is CC(C)N(CCN1C(=O)CSC1c1ccccc1Cl)C(=O)C1CCC1. The lowest BCUT2D eigenvalue weighted by atomic mass is 9.84. The van der Waals surface area contributed by atoms with Gasteiger partial charge in [0.1, 0.15) is 5.37 Å². The molecule has 2 fully saturated rings. The molecule has 1 aromatic carbocycles. The highest BCUT2D eigenvalue weighted by molar-refractivity contribution is 8.00. The summed E-state index contributed by atoms with van der Waals surface area (Å²) in [6, 6.07) is 7.83. The molecule has 1 atom stereocenters. The van der Waals surface area contributed by atoms with Crippen LogP contribution in [0.4, 0.5) is 0 Å². The minimum atomic E-state index is -0.0611. The molecule has 25 heavy (non-hydrogen) atoms. The lowest BCUT2D eigenvalue weighted by Crippen LogP contribution is -2.47. The minimum absolute atomic E-state index is 0.0611. The Morgan fingerprint density at radius 3 is 2.68 bits per heavy atom. The van der Waals surface area contributed by atoms with Crippen molar-refractivity contribution in [2.45, 2.75) is 44.5 Å². The first-order valence-corrected chi connectivity index (χ1v) is 10.4. The van der Waals surface area contributed by atoms with Crippen molar-refractivity contribution in [1.29, 1.82) is 0 Å². The first-order chi connectivity index (χ1) is 12.0. The quantitative estimate of drug-likeness (QED) is 0.750. The van der Waals surface area contributed by atoms with Crippen LogP contribution < -0.4 is 0 Å². The number of halogens is 1. The zero-order valence-corrected chi connectivity index (χ0v) is 16.4. The summed E-state index contributed by atoms with van der Waals surface area (Å²) in [4.78, 5) is 28.8. The molecule has 1 aromatic rings. The number of nitrogens with zero attached hydrogens (tertiary/aromatic N) is 2. The van der Waals surface area contributed by atoms with E-state index in [4.69, 9.17) is 11.6 Å². The maximum Gasteiger partial charge on any atom is 0.233 e. The highest BCUT2D eigenvalue weighted by Crippen LogP contribution is 2.41. The topological polar surface area (TPSA) is 40.6 Å². The summed E-state index contributed by atoms with van der Waals surface area (Å²) < 4.78 is 0. The van der Waals surface area contributed by atoms with Crippen LogP contribution in [0.15, 0.2) is 24.3 Å². The van der Waals surface area contributed by atoms with Crippen LogP contribution in [0.2, 0.25) is 5.02 Å². The molecule has 2 aliphatic rings. The highest BCUT2D eigenvalue weighted by atomic mass is 35.5. The molecule has 0 N–H and O–H groups in total. The summed E-state index contributed by atoms with van der Waals surface area (Å²) in [6.07, 6.45) is 3.16. The van der Waals surface area contributed by atoms with Crippen molar-refractivity contribution < 1.29 is 9.59 Å². The smallest absolute Gasteiger partial charge is 0.233 e. The van der Waals surface area contributed by atoms with Crippen molar-refractivity contribution in [3.05, 3.63) is 34.9 Å². The van der Waals surface area contributed by atoms with E-state index in [1.807, 2.05) is 47.9 Å². The fourth-order valence-electron chi connectivity index (χ4n) is 3.36. The second-order valence-corrected chi connectivity index (χ2v) is 8.50. The zero-order valence-electron chi connectivity index (χ0n) is 14.8. The molecule has 1 unspecified atom stereocenters. The predicted octanol–water partition coefficient (Wildman–Crippen LogP) is 3.95. The normalized spacial score (nSPS) is 20.9. The largest absolute Gasteiger partial charge is 0.338 e. The number of thioether (sulfide) groups is 1. The number of carbonyl (C=O) groups is 2. The van der Waals surface area contributed by atoms with Gasteiger partial charge >= 0.3 is 0 Å². The number of hydrogen-bond acceptors (Lipinski definition) is 3. The molecule has 0 radical (unpaired) electrons. The number of rotatable bonds is 6. The van der Waals surface area contributed by atoms with Crippen LogP contribution >= 0.6 is 23.4 Å². The van der Waals surface area contributed by atoms with Gasteiger partial charge in [0.15, 0.2) is 0 Å². The van der Waals surface area contributed by atoms with E-state index in [-0.39, 0.29) is 29.1 Å². The molecule has 1 aliphatic heterocycles. The Labute approximate surface area is 158 Å². The molecule has 2 amide bonds. The average Bonchev–Trinajstić information content (AvgIpc) is 2.87. The van der Waals surface area contributed by atoms with Crippen LogP contribution in [0.1, 0.15) is 44.0 Å². The van der Waals surface area contributed by atoms with Crippen LogP contribution in [0.3, 0.4) is 0 Å². The molecule has 136 valence electrons. The summed E-state index contributed by atoms with van der Waals surface area (Å²) in [6.45, 7) is 5.23. The van der Waals surface area contributed by atoms with Gasteiger partial charge in [-0.3, -0.25) is 9.59 Å². The fourth-order valence-corrected chi connectivity index (χ4v) is 4.91. The minimum Gasteiger partial charge on any atom is -0.338 e. The van der Waals surface area contributed by atoms with Gasteiger partial charge < -0.3 is 9.80 Å². The Hall–Kier alpha value is -1.20. The van der Waals surface area contributed by atoms with E-state index in [1.54, 1.807) is 11.8 Å². The molecular weight excluding hydrogens is 356 g/mol. The predicted molar refractivity (Wildman–Crippen MR) is 103 cm³/mol. The molecule has 0 spiro atoms. The van der Waals surface area contributed by atoms with Crippen molar-refractivity contribution >= 4 is 35.2 Å². The fraction of sp³-hybridized carbons (Fsp3) is 0.579. The van der Waals surface area contributed by atoms with Crippen LogP contribution in [-0.2, 0) is 9.59 Å². The van der Waals surface area contributed by atoms with E-state index in [9.17, 15) is 9.59 Å². The number of carbonyl (C=O) groups excluding carboxylic acids is 2. The highest BCUT2D eigenvalue weighted by Gasteiger charge is 2.35.